The van der Waals surface area contributed by atoms with Crippen LogP contribution in [0, 0.1) is 11.3 Å². The van der Waals surface area contributed by atoms with Crippen LogP contribution < -0.4 is 65.9 Å². The zero-order chi connectivity index (χ0) is 56.4. The van der Waals surface area contributed by atoms with Gasteiger partial charge in [-0.3, -0.25) is 53.1 Å². The van der Waals surface area contributed by atoms with E-state index in [-0.39, 0.29) is 102 Å². The third-order valence-corrected chi connectivity index (χ3v) is 12.6. The number of carbonyl (C=O) groups is 9. The number of hydrogen-bond acceptors (Lipinski definition) is 12. The van der Waals surface area contributed by atoms with Crippen molar-refractivity contribution in [3.8, 4) is 6.07 Å². The standard InChI is InChI=1S/C41H62N16O9.C10H11N/c1-23(58)52-28(8-4-18-50-41(46)47)36(63)55-29-14-15-32(59)48-16-2-6-26(34(43)61)53-33(60)22-51-35(62)27(7-3-17-49-40(44)45)54-37(64)30(20-24-10-12-25(21-42)13-11-24)56-38(65)31-9-5-19-57(31)39(29)66;1-2-8-7-11-10-6-4-3-5-9(8)10/h10-13,26-31H,2-9,14-20,22H2,1H3,(H2,43,61)(H,48,59)(H,51,62)(H,52,58)(H,53,60)(H,54,64)(H,55,63)(H,56,65)(H4,44,45,49)(H4,46,47,50);3-7,11H,2H2,1H3/t26-,27-,28-,29-,30+,31-;/m0./s1. The molecule has 5 rings (SSSR count). The number of H-pyrrole nitrogens is 1. The van der Waals surface area contributed by atoms with Crippen molar-refractivity contribution in [1.29, 1.82) is 5.26 Å². The molecule has 3 aromatic rings. The Morgan fingerprint density at radius 1 is 0.805 bits per heavy atom. The van der Waals surface area contributed by atoms with Gasteiger partial charge in [0.15, 0.2) is 11.9 Å². The first kappa shape index (κ1) is 60.8. The molecule has 3 heterocycles. The summed E-state index contributed by atoms with van der Waals surface area (Å²) in [5, 5.41) is 28.9. The number of fused-ring (bicyclic) bond motifs is 2. The quantitative estimate of drug-likeness (QED) is 0.0432. The molecule has 2 aliphatic heterocycles. The van der Waals surface area contributed by atoms with Gasteiger partial charge in [-0.2, -0.15) is 5.26 Å². The fraction of sp³-hybridized carbons (Fsp3) is 0.490. The molecule has 2 saturated heterocycles. The summed E-state index contributed by atoms with van der Waals surface area (Å²) in [4.78, 5) is 133. The van der Waals surface area contributed by atoms with Gasteiger partial charge in [0.2, 0.25) is 53.2 Å². The molecule has 1 aromatic heterocycles. The Balaban J connectivity index is 0.00000102. The molecule has 6 atom stereocenters. The van der Waals surface area contributed by atoms with Crippen LogP contribution in [0.2, 0.25) is 0 Å². The zero-order valence-corrected chi connectivity index (χ0v) is 43.5. The fourth-order valence-corrected chi connectivity index (χ4v) is 8.67. The zero-order valence-electron chi connectivity index (χ0n) is 43.5. The first-order valence-electron chi connectivity index (χ1n) is 25.6. The number of benzene rings is 2. The summed E-state index contributed by atoms with van der Waals surface area (Å²) in [6.45, 7) is 3.09. The SMILES string of the molecule is CC(=O)N[C@@H](CCCN=C(N)N)C(=O)N[C@H]1CCC(=O)NCCC[C@@H](C(N)=O)NC(=O)CNC(=O)[C@H](CCCN=C(N)N)NC(=O)[C@@H](Cc2ccc(C#N)cc2)NC(=O)[C@@H]2CCCN2C1=O.CCc1c[nH]c2ccccc12. The molecule has 18 N–H and O–H groups in total. The van der Waals surface area contributed by atoms with Crippen molar-refractivity contribution < 1.29 is 43.2 Å². The number of para-hydroxylation sites is 1. The summed E-state index contributed by atoms with van der Waals surface area (Å²) in [5.74, 6) is -6.89. The van der Waals surface area contributed by atoms with Crippen LogP contribution >= 0.6 is 0 Å². The van der Waals surface area contributed by atoms with Gasteiger partial charge in [0, 0.05) is 63.0 Å². The van der Waals surface area contributed by atoms with Crippen LogP contribution in [0.5, 0.6) is 0 Å². The Bertz CT molecular complexity index is 2640. The molecule has 0 spiro atoms. The number of hydrogen-bond donors (Lipinski definition) is 13. The van der Waals surface area contributed by atoms with E-state index in [1.807, 2.05) is 6.07 Å². The normalized spacial score (nSPS) is 20.4. The minimum absolute atomic E-state index is 0.00165. The van der Waals surface area contributed by atoms with E-state index in [1.54, 1.807) is 12.1 Å². The number of nitriles is 1. The van der Waals surface area contributed by atoms with E-state index in [0.29, 0.717) is 17.5 Å². The molecular formula is C51H73N17O9. The number of amides is 9. The maximum absolute atomic E-state index is 14.5. The van der Waals surface area contributed by atoms with E-state index in [0.717, 1.165) is 6.42 Å². The van der Waals surface area contributed by atoms with Gasteiger partial charge in [0.1, 0.15) is 36.3 Å². The van der Waals surface area contributed by atoms with Crippen molar-refractivity contribution in [3.05, 3.63) is 71.4 Å². The number of aryl methyl sites for hydroxylation is 1. The number of nitrogens with two attached hydrogens (primary N) is 5. The lowest BCUT2D eigenvalue weighted by Crippen LogP contribution is -2.59. The number of aromatic nitrogens is 1. The van der Waals surface area contributed by atoms with Crippen molar-refractivity contribution in [2.45, 2.75) is 127 Å². The minimum atomic E-state index is -1.38. The van der Waals surface area contributed by atoms with Crippen molar-refractivity contribution >= 4 is 76.0 Å². The number of guanidine groups is 2. The highest BCUT2D eigenvalue weighted by Gasteiger charge is 2.40. The van der Waals surface area contributed by atoms with Gasteiger partial charge >= 0.3 is 0 Å². The maximum atomic E-state index is 14.5. The second-order valence-corrected chi connectivity index (χ2v) is 18.5. The lowest BCUT2D eigenvalue weighted by atomic mass is 10.0. The van der Waals surface area contributed by atoms with Crippen LogP contribution in [-0.4, -0.2) is 144 Å². The van der Waals surface area contributed by atoms with Crippen LogP contribution in [0.15, 0.2) is 64.7 Å². The third kappa shape index (κ3) is 20.5. The van der Waals surface area contributed by atoms with E-state index in [1.165, 1.54) is 40.4 Å². The molecule has 9 amide bonds. The van der Waals surface area contributed by atoms with Crippen LogP contribution in [0.4, 0.5) is 0 Å². The minimum Gasteiger partial charge on any atom is -0.370 e. The van der Waals surface area contributed by atoms with Crippen molar-refractivity contribution in [2.24, 2.45) is 38.7 Å². The third-order valence-electron chi connectivity index (χ3n) is 12.6. The number of primary amides is 1. The molecule has 26 nitrogen and oxygen atoms in total. The molecule has 2 aliphatic rings. The molecule has 77 heavy (non-hydrogen) atoms. The molecule has 2 fully saturated rings. The van der Waals surface area contributed by atoms with Gasteiger partial charge in [-0.15, -0.1) is 0 Å². The Morgan fingerprint density at radius 3 is 2.16 bits per heavy atom. The second-order valence-electron chi connectivity index (χ2n) is 18.5. The average Bonchev–Trinajstić information content (AvgIpc) is 4.07. The van der Waals surface area contributed by atoms with E-state index in [2.05, 4.69) is 89.6 Å². The highest BCUT2D eigenvalue weighted by molar-refractivity contribution is 5.97. The lowest BCUT2D eigenvalue weighted by molar-refractivity contribution is -0.143. The number of carbonyl (C=O) groups excluding carboxylic acids is 9. The largest absolute Gasteiger partial charge is 0.370 e. The van der Waals surface area contributed by atoms with Gasteiger partial charge in [0.25, 0.3) is 0 Å². The first-order valence-corrected chi connectivity index (χ1v) is 25.6. The molecule has 0 radical (unpaired) electrons. The Morgan fingerprint density at radius 2 is 1.49 bits per heavy atom. The monoisotopic (exact) mass is 1070 g/mol. The molecule has 26 heteroatoms. The van der Waals surface area contributed by atoms with E-state index < -0.39 is 96.0 Å². The van der Waals surface area contributed by atoms with Crippen LogP contribution in [-0.2, 0) is 56.0 Å². The first-order chi connectivity index (χ1) is 36.8. The Labute approximate surface area is 446 Å². The smallest absolute Gasteiger partial charge is 0.245 e. The molecule has 0 aliphatic carbocycles. The summed E-state index contributed by atoms with van der Waals surface area (Å²) in [5.41, 5.74) is 30.8. The van der Waals surface area contributed by atoms with Gasteiger partial charge in [-0.25, -0.2) is 0 Å². The highest BCUT2D eigenvalue weighted by Crippen LogP contribution is 2.21. The van der Waals surface area contributed by atoms with E-state index in [4.69, 9.17) is 28.7 Å². The van der Waals surface area contributed by atoms with Gasteiger partial charge in [-0.1, -0.05) is 37.3 Å². The lowest BCUT2D eigenvalue weighted by Gasteiger charge is -2.31. The molecule has 0 saturated carbocycles. The molecular weight excluding hydrogens is 995 g/mol. The summed E-state index contributed by atoms with van der Waals surface area (Å²) >= 11 is 0. The van der Waals surface area contributed by atoms with Crippen molar-refractivity contribution in [1.82, 2.24) is 47.1 Å². The summed E-state index contributed by atoms with van der Waals surface area (Å²) in [6.07, 6.45) is 3.73. The van der Waals surface area contributed by atoms with Crippen LogP contribution in [0.1, 0.15) is 94.7 Å². The summed E-state index contributed by atoms with van der Waals surface area (Å²) in [7, 11) is 0. The molecule has 0 bridgehead atoms. The Kier molecular flexibility index (Phi) is 24.6. The molecule has 416 valence electrons. The topological polar surface area (TPSA) is 435 Å². The summed E-state index contributed by atoms with van der Waals surface area (Å²) < 4.78 is 0. The van der Waals surface area contributed by atoms with Crippen molar-refractivity contribution in [3.63, 3.8) is 0 Å². The highest BCUT2D eigenvalue weighted by atomic mass is 16.2. The van der Waals surface area contributed by atoms with Crippen LogP contribution in [0.3, 0.4) is 0 Å². The maximum Gasteiger partial charge on any atom is 0.245 e. The summed E-state index contributed by atoms with van der Waals surface area (Å²) in [6, 6.07) is 9.12. The molecule has 2 aromatic carbocycles. The number of aliphatic imine (C=N–C) groups is 2. The van der Waals surface area contributed by atoms with E-state index >= 15 is 0 Å². The van der Waals surface area contributed by atoms with Gasteiger partial charge in [0.05, 0.1) is 18.2 Å². The average molecular weight is 1070 g/mol. The van der Waals surface area contributed by atoms with E-state index in [9.17, 15) is 48.4 Å². The van der Waals surface area contributed by atoms with Gasteiger partial charge in [-0.05, 0) is 93.5 Å². The number of rotatable bonds is 15. The number of nitrogens with zero attached hydrogens (tertiary/aromatic N) is 4. The predicted molar refractivity (Wildman–Crippen MR) is 286 cm³/mol. The Hall–Kier alpha value is -8.76. The number of nitrogens with one attached hydrogen (secondary N) is 8. The fourth-order valence-electron chi connectivity index (χ4n) is 8.67. The van der Waals surface area contributed by atoms with Crippen molar-refractivity contribution in [2.75, 3.05) is 32.7 Å². The van der Waals surface area contributed by atoms with Crippen LogP contribution in [0.25, 0.3) is 10.9 Å². The predicted octanol–water partition coefficient (Wildman–Crippen LogP) is -2.34. The molecule has 0 unspecified atom stereocenters. The van der Waals surface area contributed by atoms with Gasteiger partial charge < -0.3 is 75.8 Å². The number of aromatic amines is 1. The second kappa shape index (κ2) is 31.2.